The Morgan fingerprint density at radius 1 is 1.24 bits per heavy atom. The van der Waals surface area contributed by atoms with Crippen LogP contribution in [0.4, 0.5) is 0 Å². The molecule has 1 aromatic rings. The summed E-state index contributed by atoms with van der Waals surface area (Å²) >= 11 is 0. The Morgan fingerprint density at radius 2 is 2.00 bits per heavy atom. The van der Waals surface area contributed by atoms with Crippen molar-refractivity contribution in [1.29, 1.82) is 0 Å². The monoisotopic (exact) mass is 235 g/mol. The van der Waals surface area contributed by atoms with E-state index in [2.05, 4.69) is 17.0 Å². The largest absolute Gasteiger partial charge is 0.310 e. The van der Waals surface area contributed by atoms with E-state index in [-0.39, 0.29) is 6.17 Å². The second-order valence-corrected chi connectivity index (χ2v) is 5.37. The number of aryl methyl sites for hydroxylation is 1. The van der Waals surface area contributed by atoms with E-state index in [0.29, 0.717) is 5.92 Å². The Balaban J connectivity index is 1.80. The first-order valence-corrected chi connectivity index (χ1v) is 6.63. The molecule has 2 aliphatic rings. The minimum atomic E-state index is 0.0475. The van der Waals surface area contributed by atoms with Gasteiger partial charge in [0.05, 0.1) is 0 Å². The average Bonchev–Trinajstić information content (AvgIpc) is 2.75. The number of piperidine rings is 1. The van der Waals surface area contributed by atoms with Crippen molar-refractivity contribution in [2.24, 2.45) is 5.73 Å². The number of likely N-dealkylation sites (tertiary alicyclic amines) is 1. The first kappa shape index (κ1) is 11.2. The molecule has 0 spiro atoms. The molecule has 5 nitrogen and oxygen atoms in total. The topological polar surface area (TPSA) is 60.0 Å². The van der Waals surface area contributed by atoms with Crippen LogP contribution in [0.5, 0.6) is 0 Å². The van der Waals surface area contributed by atoms with Gasteiger partial charge in [-0.25, -0.2) is 9.67 Å². The van der Waals surface area contributed by atoms with Crippen LogP contribution >= 0.6 is 0 Å². The predicted octanol–water partition coefficient (Wildman–Crippen LogP) is 0.881. The maximum atomic E-state index is 6.06. The molecule has 2 N–H and O–H groups in total. The summed E-state index contributed by atoms with van der Waals surface area (Å²) in [6.07, 6.45) is 5.61. The molecule has 0 bridgehead atoms. The Morgan fingerprint density at radius 3 is 2.71 bits per heavy atom. The highest BCUT2D eigenvalue weighted by Crippen LogP contribution is 2.27. The van der Waals surface area contributed by atoms with Crippen molar-refractivity contribution in [2.45, 2.75) is 44.2 Å². The van der Waals surface area contributed by atoms with E-state index in [1.807, 2.05) is 4.68 Å². The fourth-order valence-electron chi connectivity index (χ4n) is 2.84. The Labute approximate surface area is 102 Å². The van der Waals surface area contributed by atoms with E-state index < -0.39 is 0 Å². The molecule has 2 aliphatic heterocycles. The molecule has 0 saturated carbocycles. The van der Waals surface area contributed by atoms with Crippen molar-refractivity contribution >= 4 is 0 Å². The molecule has 0 aliphatic carbocycles. The first-order valence-electron chi connectivity index (χ1n) is 6.63. The Hall–Kier alpha value is -0.940. The molecular formula is C12H21N5. The molecule has 0 radical (unpaired) electrons. The summed E-state index contributed by atoms with van der Waals surface area (Å²) in [5, 5.41) is 4.64. The van der Waals surface area contributed by atoms with Crippen LogP contribution in [0.3, 0.4) is 0 Å². The Bertz CT molecular complexity index is 392. The number of rotatable bonds is 1. The second kappa shape index (κ2) is 4.38. The molecule has 94 valence electrons. The van der Waals surface area contributed by atoms with E-state index in [0.717, 1.165) is 44.0 Å². The van der Waals surface area contributed by atoms with Crippen LogP contribution in [0, 0.1) is 0 Å². The van der Waals surface area contributed by atoms with E-state index >= 15 is 0 Å². The lowest BCUT2D eigenvalue weighted by Gasteiger charge is -2.27. The average molecular weight is 235 g/mol. The third kappa shape index (κ3) is 2.09. The molecule has 3 rings (SSSR count). The number of nitrogens with two attached hydrogens (primary N) is 1. The molecule has 1 unspecified atom stereocenters. The van der Waals surface area contributed by atoms with Gasteiger partial charge in [0.2, 0.25) is 0 Å². The van der Waals surface area contributed by atoms with E-state index in [4.69, 9.17) is 10.7 Å². The van der Waals surface area contributed by atoms with Gasteiger partial charge in [0.25, 0.3) is 0 Å². The van der Waals surface area contributed by atoms with Gasteiger partial charge in [0.1, 0.15) is 12.0 Å². The highest BCUT2D eigenvalue weighted by Gasteiger charge is 2.26. The number of aromatic nitrogens is 3. The molecule has 1 fully saturated rings. The predicted molar refractivity (Wildman–Crippen MR) is 65.7 cm³/mol. The number of fused-ring (bicyclic) bond motifs is 1. The molecule has 1 atom stereocenters. The minimum Gasteiger partial charge on any atom is -0.310 e. The van der Waals surface area contributed by atoms with Crippen molar-refractivity contribution in [3.63, 3.8) is 0 Å². The highest BCUT2D eigenvalue weighted by atomic mass is 15.4. The van der Waals surface area contributed by atoms with Crippen molar-refractivity contribution in [1.82, 2.24) is 19.7 Å². The first-order chi connectivity index (χ1) is 8.24. The van der Waals surface area contributed by atoms with Gasteiger partial charge in [-0.15, -0.1) is 0 Å². The molecule has 5 heteroatoms. The minimum absolute atomic E-state index is 0.0475. The maximum Gasteiger partial charge on any atom is 0.154 e. The zero-order valence-corrected chi connectivity index (χ0v) is 10.5. The SMILES string of the molecule is CN1CCC(c2nc3n(n2)C(N)CCC3)CC1. The van der Waals surface area contributed by atoms with Crippen LogP contribution < -0.4 is 5.73 Å². The number of hydrogen-bond donors (Lipinski definition) is 1. The van der Waals surface area contributed by atoms with Crippen molar-refractivity contribution in [3.05, 3.63) is 11.6 Å². The summed E-state index contributed by atoms with van der Waals surface area (Å²) in [5.41, 5.74) is 6.06. The van der Waals surface area contributed by atoms with Gasteiger partial charge >= 0.3 is 0 Å². The van der Waals surface area contributed by atoms with Gasteiger partial charge in [-0.05, 0) is 45.8 Å². The van der Waals surface area contributed by atoms with Crippen LogP contribution in [0.25, 0.3) is 0 Å². The van der Waals surface area contributed by atoms with Gasteiger partial charge in [-0.1, -0.05) is 0 Å². The smallest absolute Gasteiger partial charge is 0.154 e. The lowest BCUT2D eigenvalue weighted by atomic mass is 9.97. The molecule has 1 saturated heterocycles. The lowest BCUT2D eigenvalue weighted by Crippen LogP contribution is -2.29. The summed E-state index contributed by atoms with van der Waals surface area (Å²) in [4.78, 5) is 7.08. The van der Waals surface area contributed by atoms with E-state index in [1.165, 1.54) is 12.8 Å². The van der Waals surface area contributed by atoms with Crippen molar-refractivity contribution in [2.75, 3.05) is 20.1 Å². The summed E-state index contributed by atoms with van der Waals surface area (Å²) in [7, 11) is 2.18. The zero-order valence-electron chi connectivity index (χ0n) is 10.5. The van der Waals surface area contributed by atoms with Gasteiger partial charge in [-0.2, -0.15) is 5.10 Å². The van der Waals surface area contributed by atoms with Crippen LogP contribution in [-0.4, -0.2) is 39.8 Å². The Kier molecular flexibility index (Phi) is 2.88. The van der Waals surface area contributed by atoms with Gasteiger partial charge in [-0.3, -0.25) is 0 Å². The van der Waals surface area contributed by atoms with Crippen LogP contribution in [-0.2, 0) is 6.42 Å². The summed E-state index contributed by atoms with van der Waals surface area (Å²) in [5.74, 6) is 2.67. The molecular weight excluding hydrogens is 214 g/mol. The van der Waals surface area contributed by atoms with Gasteiger partial charge in [0.15, 0.2) is 5.82 Å². The van der Waals surface area contributed by atoms with Crippen molar-refractivity contribution < 1.29 is 0 Å². The third-order valence-electron chi connectivity index (χ3n) is 4.02. The lowest BCUT2D eigenvalue weighted by molar-refractivity contribution is 0.250. The van der Waals surface area contributed by atoms with Gasteiger partial charge in [0, 0.05) is 12.3 Å². The third-order valence-corrected chi connectivity index (χ3v) is 4.02. The highest BCUT2D eigenvalue weighted by molar-refractivity contribution is 5.03. The molecule has 1 aromatic heterocycles. The van der Waals surface area contributed by atoms with Crippen LogP contribution in [0.2, 0.25) is 0 Å². The van der Waals surface area contributed by atoms with Gasteiger partial charge < -0.3 is 10.6 Å². The molecule has 17 heavy (non-hydrogen) atoms. The van der Waals surface area contributed by atoms with E-state index in [1.54, 1.807) is 0 Å². The summed E-state index contributed by atoms with van der Waals surface area (Å²) < 4.78 is 1.96. The standard InChI is InChI=1S/C12H21N5/c1-16-7-5-9(6-8-16)12-14-11-4-2-3-10(13)17(11)15-12/h9-10H,2-8,13H2,1H3. The quantitative estimate of drug-likeness (QED) is 0.785. The number of nitrogens with zero attached hydrogens (tertiary/aromatic N) is 4. The normalized spacial score (nSPS) is 27.1. The van der Waals surface area contributed by atoms with E-state index in [9.17, 15) is 0 Å². The molecule has 0 amide bonds. The summed E-state index contributed by atoms with van der Waals surface area (Å²) in [6.45, 7) is 2.31. The second-order valence-electron chi connectivity index (χ2n) is 5.37. The fraction of sp³-hybridized carbons (Fsp3) is 0.833. The summed E-state index contributed by atoms with van der Waals surface area (Å²) in [6, 6.07) is 0. The maximum absolute atomic E-state index is 6.06. The molecule has 0 aromatic carbocycles. The molecule has 3 heterocycles. The van der Waals surface area contributed by atoms with Crippen LogP contribution in [0.15, 0.2) is 0 Å². The van der Waals surface area contributed by atoms with Crippen molar-refractivity contribution in [3.8, 4) is 0 Å². The van der Waals surface area contributed by atoms with Crippen LogP contribution in [0.1, 0.15) is 49.4 Å². The zero-order chi connectivity index (χ0) is 11.8. The fourth-order valence-corrected chi connectivity index (χ4v) is 2.84. The number of hydrogen-bond acceptors (Lipinski definition) is 4.